The minimum atomic E-state index is -5.19. The van der Waals surface area contributed by atoms with Gasteiger partial charge in [-0.05, 0) is 69.2 Å². The van der Waals surface area contributed by atoms with Crippen LogP contribution < -0.4 is 20.9 Å². The molecule has 1 fully saturated rings. The molecule has 1 aliphatic carbocycles. The standard InChI is InChI=1S/C28H28F6N6O3S/c1-13(2)40-26-18(14-3-5-15(35)6-4-14)12-37-27(36)24(26)25(38-40)17-10-21(31)22(11-20(17)30)39-44(41,42)23-9-16(7-8-19(23)29)43-28(32,33)34/h7-15,39H,3-6,35H2,1-2H3,(H2,36,37). The van der Waals surface area contributed by atoms with Crippen LogP contribution in [0.1, 0.15) is 57.1 Å². The number of nitrogen functional groups attached to an aromatic ring is 1. The van der Waals surface area contributed by atoms with Crippen LogP contribution in [-0.4, -0.2) is 35.6 Å². The fraction of sp³-hybridized carbons (Fsp3) is 0.357. The lowest BCUT2D eigenvalue weighted by molar-refractivity contribution is -0.274. The summed E-state index contributed by atoms with van der Waals surface area (Å²) >= 11 is 0. The maximum atomic E-state index is 15.6. The summed E-state index contributed by atoms with van der Waals surface area (Å²) in [7, 11) is -5.05. The molecule has 9 nitrogen and oxygen atoms in total. The van der Waals surface area contributed by atoms with Crippen molar-refractivity contribution in [2.24, 2.45) is 5.73 Å². The highest BCUT2D eigenvalue weighted by Crippen LogP contribution is 2.42. The van der Waals surface area contributed by atoms with Crippen LogP contribution in [0.5, 0.6) is 5.75 Å². The summed E-state index contributed by atoms with van der Waals surface area (Å²) in [6.07, 6.45) is -0.325. The molecule has 0 unspecified atom stereocenters. The van der Waals surface area contributed by atoms with Crippen LogP contribution in [0.2, 0.25) is 0 Å². The second-order valence-electron chi connectivity index (χ2n) is 10.9. The van der Waals surface area contributed by atoms with Gasteiger partial charge in [0.25, 0.3) is 10.0 Å². The molecule has 236 valence electrons. The highest BCUT2D eigenvalue weighted by atomic mass is 32.2. The van der Waals surface area contributed by atoms with E-state index in [1.807, 2.05) is 13.8 Å². The van der Waals surface area contributed by atoms with E-state index in [-0.39, 0.29) is 41.1 Å². The minimum absolute atomic E-state index is 0.0260. The molecule has 5 rings (SSSR count). The van der Waals surface area contributed by atoms with Crippen LogP contribution in [0.4, 0.5) is 37.8 Å². The van der Waals surface area contributed by atoms with Crippen molar-refractivity contribution in [3.8, 4) is 17.0 Å². The van der Waals surface area contributed by atoms with Crippen molar-refractivity contribution in [2.75, 3.05) is 10.5 Å². The van der Waals surface area contributed by atoms with Crippen LogP contribution in [0.25, 0.3) is 22.2 Å². The Morgan fingerprint density at radius 3 is 2.34 bits per heavy atom. The van der Waals surface area contributed by atoms with Crippen molar-refractivity contribution in [2.45, 2.75) is 68.8 Å². The number of halogens is 6. The molecule has 0 bridgehead atoms. The first-order valence-corrected chi connectivity index (χ1v) is 15.0. The molecule has 44 heavy (non-hydrogen) atoms. The van der Waals surface area contributed by atoms with Crippen molar-refractivity contribution in [1.29, 1.82) is 0 Å². The predicted molar refractivity (Wildman–Crippen MR) is 151 cm³/mol. The van der Waals surface area contributed by atoms with E-state index in [0.717, 1.165) is 31.2 Å². The van der Waals surface area contributed by atoms with Crippen molar-refractivity contribution in [3.63, 3.8) is 0 Å². The van der Waals surface area contributed by atoms with Crippen LogP contribution in [0, 0.1) is 17.5 Å². The smallest absolute Gasteiger partial charge is 0.406 e. The van der Waals surface area contributed by atoms with Gasteiger partial charge in [-0.3, -0.25) is 9.40 Å². The normalized spacial score (nSPS) is 17.8. The molecule has 0 radical (unpaired) electrons. The summed E-state index contributed by atoms with van der Waals surface area (Å²) in [5.41, 5.74) is 12.5. The quantitative estimate of drug-likeness (QED) is 0.199. The van der Waals surface area contributed by atoms with E-state index >= 15 is 8.78 Å². The summed E-state index contributed by atoms with van der Waals surface area (Å²) < 4.78 is 116. The third-order valence-electron chi connectivity index (χ3n) is 7.47. The zero-order valence-electron chi connectivity index (χ0n) is 23.4. The molecule has 16 heteroatoms. The van der Waals surface area contributed by atoms with Gasteiger partial charge in [-0.1, -0.05) is 0 Å². The molecule has 4 aromatic rings. The Bertz CT molecular complexity index is 1840. The van der Waals surface area contributed by atoms with Gasteiger partial charge in [-0.2, -0.15) is 5.10 Å². The second kappa shape index (κ2) is 11.5. The van der Waals surface area contributed by atoms with Gasteiger partial charge in [0.1, 0.15) is 39.6 Å². The number of benzene rings is 2. The Labute approximate surface area is 248 Å². The van der Waals surface area contributed by atoms with Crippen LogP contribution >= 0.6 is 0 Å². The summed E-state index contributed by atoms with van der Waals surface area (Å²) in [6.45, 7) is 3.71. The maximum Gasteiger partial charge on any atom is 0.573 e. The lowest BCUT2D eigenvalue weighted by Crippen LogP contribution is -2.26. The monoisotopic (exact) mass is 642 g/mol. The van der Waals surface area contributed by atoms with E-state index in [1.165, 1.54) is 0 Å². The largest absolute Gasteiger partial charge is 0.573 e. The Hall–Kier alpha value is -4.05. The number of aromatic nitrogens is 3. The zero-order chi connectivity index (χ0) is 32.1. The minimum Gasteiger partial charge on any atom is -0.406 e. The van der Waals surface area contributed by atoms with Crippen molar-refractivity contribution < 1.29 is 39.5 Å². The molecule has 0 saturated heterocycles. The van der Waals surface area contributed by atoms with Gasteiger partial charge in [0.15, 0.2) is 0 Å². The molecule has 0 amide bonds. The molecular formula is C28H28F6N6O3S. The van der Waals surface area contributed by atoms with Crippen LogP contribution in [-0.2, 0) is 10.0 Å². The van der Waals surface area contributed by atoms with Gasteiger partial charge in [0.05, 0.1) is 16.6 Å². The number of ether oxygens (including phenoxy) is 1. The Morgan fingerprint density at radius 2 is 1.70 bits per heavy atom. The number of sulfonamides is 1. The number of rotatable bonds is 7. The molecule has 0 spiro atoms. The SMILES string of the molecule is CC(C)n1nc(-c2cc(F)c(NS(=O)(=O)c3cc(OC(F)(F)F)ccc3F)cc2F)c2c(N)ncc(C3CCC(N)CC3)c21. The highest BCUT2D eigenvalue weighted by Gasteiger charge is 2.33. The molecule has 5 N–H and O–H groups in total. The molecule has 2 aromatic carbocycles. The average Bonchev–Trinajstić information content (AvgIpc) is 3.33. The third-order valence-corrected chi connectivity index (χ3v) is 8.85. The Balaban J connectivity index is 1.56. The first kappa shape index (κ1) is 31.4. The topological polar surface area (TPSA) is 138 Å². The number of hydrogen-bond acceptors (Lipinski definition) is 7. The number of hydrogen-bond donors (Lipinski definition) is 3. The maximum absolute atomic E-state index is 15.6. The summed E-state index contributed by atoms with van der Waals surface area (Å²) in [5, 5.41) is 4.86. The summed E-state index contributed by atoms with van der Waals surface area (Å²) in [5.74, 6) is -4.75. The number of nitrogens with one attached hydrogen (secondary N) is 1. The van der Waals surface area contributed by atoms with Gasteiger partial charge < -0.3 is 16.2 Å². The number of nitrogens with zero attached hydrogens (tertiary/aromatic N) is 3. The highest BCUT2D eigenvalue weighted by molar-refractivity contribution is 7.92. The molecule has 1 saturated carbocycles. The number of anilines is 2. The molecule has 2 aromatic heterocycles. The lowest BCUT2D eigenvalue weighted by Gasteiger charge is -2.27. The Morgan fingerprint density at radius 1 is 1.02 bits per heavy atom. The van der Waals surface area contributed by atoms with E-state index in [9.17, 15) is 26.0 Å². The van der Waals surface area contributed by atoms with Crippen molar-refractivity contribution >= 4 is 32.4 Å². The number of pyridine rings is 1. The van der Waals surface area contributed by atoms with Gasteiger partial charge in [0, 0.05) is 36.0 Å². The Kier molecular flexibility index (Phi) is 8.18. The van der Waals surface area contributed by atoms with E-state index in [4.69, 9.17) is 11.5 Å². The molecule has 1 aliphatic rings. The van der Waals surface area contributed by atoms with Gasteiger partial charge in [-0.15, -0.1) is 13.2 Å². The zero-order valence-corrected chi connectivity index (χ0v) is 24.2. The van der Waals surface area contributed by atoms with E-state index in [1.54, 1.807) is 15.6 Å². The summed E-state index contributed by atoms with van der Waals surface area (Å²) in [4.78, 5) is 3.04. The number of alkyl halides is 3. The fourth-order valence-corrected chi connectivity index (χ4v) is 6.55. The van der Waals surface area contributed by atoms with Gasteiger partial charge in [0.2, 0.25) is 0 Å². The number of nitrogens with two attached hydrogens (primary N) is 2. The predicted octanol–water partition coefficient (Wildman–Crippen LogP) is 6.36. The first-order valence-electron chi connectivity index (χ1n) is 13.6. The third kappa shape index (κ3) is 6.13. The van der Waals surface area contributed by atoms with Crippen molar-refractivity contribution in [3.05, 3.63) is 59.5 Å². The molecule has 2 heterocycles. The molecular weight excluding hydrogens is 614 g/mol. The van der Waals surface area contributed by atoms with Crippen molar-refractivity contribution in [1.82, 2.24) is 14.8 Å². The summed E-state index contributed by atoms with van der Waals surface area (Å²) in [6, 6.07) is 2.36. The number of fused-ring (bicyclic) bond motifs is 1. The van der Waals surface area contributed by atoms with E-state index < -0.39 is 50.2 Å². The average molecular weight is 643 g/mol. The second-order valence-corrected chi connectivity index (χ2v) is 12.5. The van der Waals surface area contributed by atoms with Crippen LogP contribution in [0.3, 0.4) is 0 Å². The first-order chi connectivity index (χ1) is 20.6. The van der Waals surface area contributed by atoms with Crippen LogP contribution in [0.15, 0.2) is 41.4 Å². The fourth-order valence-electron chi connectivity index (χ4n) is 5.40. The molecule has 0 aliphatic heterocycles. The van der Waals surface area contributed by atoms with E-state index in [2.05, 4.69) is 14.8 Å². The van der Waals surface area contributed by atoms with Gasteiger partial charge >= 0.3 is 6.36 Å². The molecule has 0 atom stereocenters. The van der Waals surface area contributed by atoms with Gasteiger partial charge in [-0.25, -0.2) is 26.6 Å². The van der Waals surface area contributed by atoms with E-state index in [0.29, 0.717) is 35.2 Å². The lowest BCUT2D eigenvalue weighted by atomic mass is 9.82.